The molecule has 1 aliphatic rings. The van der Waals surface area contributed by atoms with E-state index < -0.39 is 0 Å². The van der Waals surface area contributed by atoms with Crippen LogP contribution in [0.5, 0.6) is 5.88 Å². The molecule has 0 unspecified atom stereocenters. The van der Waals surface area contributed by atoms with Crippen LogP contribution in [-0.4, -0.2) is 49.6 Å². The fourth-order valence-electron chi connectivity index (χ4n) is 3.10. The van der Waals surface area contributed by atoms with Crippen LogP contribution in [0.1, 0.15) is 31.0 Å². The van der Waals surface area contributed by atoms with E-state index in [-0.39, 0.29) is 6.10 Å². The van der Waals surface area contributed by atoms with Gasteiger partial charge in [0.25, 0.3) is 0 Å². The SMILES string of the molecule is CC(C)Oc1cc(C(=N)c2ccnc(N3CC(n4cnnc4)C3)c2)c(N)cn1. The Morgan fingerprint density at radius 1 is 1.21 bits per heavy atom. The molecule has 9 nitrogen and oxygen atoms in total. The molecule has 3 aromatic rings. The van der Waals surface area contributed by atoms with Crippen LogP contribution in [0.2, 0.25) is 0 Å². The van der Waals surface area contributed by atoms with Gasteiger partial charge in [-0.25, -0.2) is 9.97 Å². The van der Waals surface area contributed by atoms with Crippen molar-refractivity contribution >= 4 is 17.2 Å². The van der Waals surface area contributed by atoms with Crippen molar-refractivity contribution in [3.8, 4) is 5.88 Å². The largest absolute Gasteiger partial charge is 0.475 e. The lowest BCUT2D eigenvalue weighted by Crippen LogP contribution is -2.48. The summed E-state index contributed by atoms with van der Waals surface area (Å²) in [5.41, 5.74) is 8.15. The van der Waals surface area contributed by atoms with E-state index in [4.69, 9.17) is 15.9 Å². The van der Waals surface area contributed by atoms with E-state index >= 15 is 0 Å². The number of anilines is 2. The Hall–Kier alpha value is -3.49. The van der Waals surface area contributed by atoms with Crippen molar-refractivity contribution in [1.29, 1.82) is 5.41 Å². The molecule has 144 valence electrons. The van der Waals surface area contributed by atoms with Crippen LogP contribution in [0.15, 0.2) is 43.2 Å². The molecule has 0 atom stereocenters. The number of aromatic nitrogens is 5. The summed E-state index contributed by atoms with van der Waals surface area (Å²) in [6.07, 6.45) is 6.70. The summed E-state index contributed by atoms with van der Waals surface area (Å²) >= 11 is 0. The molecule has 3 N–H and O–H groups in total. The van der Waals surface area contributed by atoms with E-state index in [1.54, 1.807) is 24.9 Å². The molecule has 1 fully saturated rings. The predicted octanol–water partition coefficient (Wildman–Crippen LogP) is 1.91. The lowest BCUT2D eigenvalue weighted by atomic mass is 10.0. The first-order chi connectivity index (χ1) is 13.5. The van der Waals surface area contributed by atoms with Crippen LogP contribution in [0.4, 0.5) is 11.5 Å². The fourth-order valence-corrected chi connectivity index (χ4v) is 3.10. The summed E-state index contributed by atoms with van der Waals surface area (Å²) in [5.74, 6) is 1.29. The third kappa shape index (κ3) is 3.51. The van der Waals surface area contributed by atoms with Crippen LogP contribution in [0.25, 0.3) is 0 Å². The van der Waals surface area contributed by atoms with Gasteiger partial charge in [-0.05, 0) is 26.0 Å². The van der Waals surface area contributed by atoms with E-state index in [1.165, 1.54) is 6.20 Å². The highest BCUT2D eigenvalue weighted by Gasteiger charge is 2.29. The molecule has 0 aromatic carbocycles. The smallest absolute Gasteiger partial charge is 0.214 e. The van der Waals surface area contributed by atoms with Crippen LogP contribution in [0.3, 0.4) is 0 Å². The Kier molecular flexibility index (Phi) is 4.64. The van der Waals surface area contributed by atoms with Crippen LogP contribution >= 0.6 is 0 Å². The molecule has 4 heterocycles. The van der Waals surface area contributed by atoms with Gasteiger partial charge in [0.1, 0.15) is 18.5 Å². The lowest BCUT2D eigenvalue weighted by molar-refractivity contribution is 0.232. The first-order valence-electron chi connectivity index (χ1n) is 9.08. The summed E-state index contributed by atoms with van der Waals surface area (Å²) in [6, 6.07) is 5.77. The third-order valence-corrected chi connectivity index (χ3v) is 4.61. The Morgan fingerprint density at radius 2 is 1.96 bits per heavy atom. The molecule has 3 aromatic heterocycles. The minimum atomic E-state index is -0.00394. The Bertz CT molecular complexity index is 979. The zero-order valence-electron chi connectivity index (χ0n) is 15.8. The highest BCUT2D eigenvalue weighted by molar-refractivity contribution is 6.14. The van der Waals surface area contributed by atoms with Crippen LogP contribution in [0, 0.1) is 5.41 Å². The van der Waals surface area contributed by atoms with Crippen molar-refractivity contribution < 1.29 is 4.74 Å². The highest BCUT2D eigenvalue weighted by Crippen LogP contribution is 2.28. The van der Waals surface area contributed by atoms with Gasteiger partial charge in [0.15, 0.2) is 0 Å². The number of nitrogens with two attached hydrogens (primary N) is 1. The van der Waals surface area contributed by atoms with E-state index in [1.807, 2.05) is 30.5 Å². The number of nitrogen functional groups attached to an aromatic ring is 1. The number of nitrogens with zero attached hydrogens (tertiary/aromatic N) is 6. The zero-order chi connectivity index (χ0) is 19.7. The van der Waals surface area contributed by atoms with E-state index in [0.29, 0.717) is 28.9 Å². The van der Waals surface area contributed by atoms with Gasteiger partial charge in [-0.2, -0.15) is 0 Å². The topological polar surface area (TPSA) is 119 Å². The second-order valence-corrected chi connectivity index (χ2v) is 7.02. The van der Waals surface area contributed by atoms with Crippen LogP contribution in [-0.2, 0) is 0 Å². The third-order valence-electron chi connectivity index (χ3n) is 4.61. The van der Waals surface area contributed by atoms with Crippen molar-refractivity contribution in [2.45, 2.75) is 26.0 Å². The maximum absolute atomic E-state index is 8.63. The second-order valence-electron chi connectivity index (χ2n) is 7.02. The molecule has 0 spiro atoms. The van der Waals surface area contributed by atoms with Crippen molar-refractivity contribution in [2.75, 3.05) is 23.7 Å². The zero-order valence-corrected chi connectivity index (χ0v) is 15.8. The number of ether oxygens (including phenoxy) is 1. The highest BCUT2D eigenvalue weighted by atomic mass is 16.5. The normalized spacial score (nSPS) is 14.2. The summed E-state index contributed by atoms with van der Waals surface area (Å²) in [4.78, 5) is 10.8. The molecule has 0 aliphatic carbocycles. The molecule has 0 saturated carbocycles. The first-order valence-corrected chi connectivity index (χ1v) is 9.08. The number of rotatable bonds is 6. The molecule has 4 rings (SSSR count). The Labute approximate surface area is 162 Å². The maximum atomic E-state index is 8.63. The number of hydrogen-bond acceptors (Lipinski definition) is 8. The summed E-state index contributed by atoms with van der Waals surface area (Å²) in [7, 11) is 0. The second kappa shape index (κ2) is 7.26. The molecular weight excluding hydrogens is 356 g/mol. The van der Waals surface area contributed by atoms with E-state index in [2.05, 4.69) is 25.1 Å². The summed E-state index contributed by atoms with van der Waals surface area (Å²) in [6.45, 7) is 5.51. The quantitative estimate of drug-likeness (QED) is 0.629. The Morgan fingerprint density at radius 3 is 2.68 bits per heavy atom. The van der Waals surface area contributed by atoms with E-state index in [9.17, 15) is 0 Å². The molecule has 0 radical (unpaired) electrons. The summed E-state index contributed by atoms with van der Waals surface area (Å²) < 4.78 is 7.63. The van der Waals surface area contributed by atoms with Gasteiger partial charge in [0.2, 0.25) is 5.88 Å². The van der Waals surface area contributed by atoms with Crippen molar-refractivity contribution in [2.24, 2.45) is 0 Å². The minimum Gasteiger partial charge on any atom is -0.475 e. The molecular formula is C19H22N8O. The number of nitrogens with one attached hydrogen (secondary N) is 1. The number of pyridine rings is 2. The maximum Gasteiger partial charge on any atom is 0.214 e. The number of hydrogen-bond donors (Lipinski definition) is 2. The van der Waals surface area contributed by atoms with Gasteiger partial charge in [-0.1, -0.05) is 0 Å². The molecule has 1 saturated heterocycles. The van der Waals surface area contributed by atoms with E-state index in [0.717, 1.165) is 24.5 Å². The van der Waals surface area contributed by atoms with Crippen LogP contribution < -0.4 is 15.4 Å². The average molecular weight is 378 g/mol. The first kappa shape index (κ1) is 17.9. The Balaban J connectivity index is 1.52. The van der Waals surface area contributed by atoms with Gasteiger partial charge in [0, 0.05) is 36.5 Å². The molecule has 0 bridgehead atoms. The molecule has 1 aliphatic heterocycles. The standard InChI is InChI=1S/C19H22N8O/c1-12(2)28-18-6-15(16(20)7-23-18)19(21)13-3-4-22-17(5-13)26-8-14(9-26)27-10-24-25-11-27/h3-7,10-12,14,21H,8-9,20H2,1-2H3. The average Bonchev–Trinajstić information content (AvgIpc) is 3.15. The van der Waals surface area contributed by atoms with Gasteiger partial charge < -0.3 is 19.9 Å². The van der Waals surface area contributed by atoms with Crippen molar-refractivity contribution in [1.82, 2.24) is 24.7 Å². The van der Waals surface area contributed by atoms with Crippen molar-refractivity contribution in [3.63, 3.8) is 0 Å². The summed E-state index contributed by atoms with van der Waals surface area (Å²) in [5, 5.41) is 16.3. The monoisotopic (exact) mass is 378 g/mol. The minimum absolute atomic E-state index is 0.00394. The molecule has 9 heteroatoms. The lowest BCUT2D eigenvalue weighted by Gasteiger charge is -2.40. The molecule has 28 heavy (non-hydrogen) atoms. The fraction of sp³-hybridized carbons (Fsp3) is 0.316. The van der Waals surface area contributed by atoms with Crippen molar-refractivity contribution in [3.05, 3.63) is 54.4 Å². The predicted molar refractivity (Wildman–Crippen MR) is 106 cm³/mol. The van der Waals surface area contributed by atoms with Gasteiger partial charge in [-0.15, -0.1) is 10.2 Å². The van der Waals surface area contributed by atoms with Gasteiger partial charge in [-0.3, -0.25) is 5.41 Å². The molecule has 0 amide bonds. The van der Waals surface area contributed by atoms with Gasteiger partial charge in [0.05, 0.1) is 29.7 Å². The van der Waals surface area contributed by atoms with Gasteiger partial charge >= 0.3 is 0 Å².